The van der Waals surface area contributed by atoms with Crippen LogP contribution >= 0.6 is 0 Å². The fourth-order valence-electron chi connectivity index (χ4n) is 2.04. The lowest BCUT2D eigenvalue weighted by Crippen LogP contribution is -2.16. The Kier molecular flexibility index (Phi) is 5.44. The van der Waals surface area contributed by atoms with E-state index >= 15 is 0 Å². The van der Waals surface area contributed by atoms with Gasteiger partial charge in [0.15, 0.2) is 5.76 Å². The summed E-state index contributed by atoms with van der Waals surface area (Å²) in [6.45, 7) is 3.73. The molecule has 1 aromatic heterocycles. The van der Waals surface area contributed by atoms with E-state index in [0.717, 1.165) is 5.76 Å². The van der Waals surface area contributed by atoms with Crippen LogP contribution in [0, 0.1) is 0 Å². The number of hydrogen-bond donors (Lipinski definition) is 2. The summed E-state index contributed by atoms with van der Waals surface area (Å²) < 4.78 is 31.4. The van der Waals surface area contributed by atoms with Gasteiger partial charge in [-0.25, -0.2) is 8.42 Å². The molecule has 1 heterocycles. The maximum atomic E-state index is 12.1. The summed E-state index contributed by atoms with van der Waals surface area (Å²) in [5.41, 5.74) is 0.895. The number of anilines is 2. The Labute approximate surface area is 135 Å². The number of amides is 1. The van der Waals surface area contributed by atoms with Gasteiger partial charge in [0, 0.05) is 12.1 Å². The third-order valence-electron chi connectivity index (χ3n) is 3.10. The minimum Gasteiger partial charge on any atom is -0.456 e. The standard InChI is InChI=1S/C16H20N2O4S/c1-3-10-23(20,21)18-13-7-5-6-12(11-13)17-16(19)15-9-8-14(4-2)22-15/h5-9,11,18H,3-4,10H2,1-2H3,(H,17,19). The van der Waals surface area contributed by atoms with Gasteiger partial charge in [-0.15, -0.1) is 0 Å². The van der Waals surface area contributed by atoms with E-state index in [4.69, 9.17) is 4.42 Å². The second-order valence-corrected chi connectivity index (χ2v) is 6.92. The predicted molar refractivity (Wildman–Crippen MR) is 90.2 cm³/mol. The molecule has 0 unspecified atom stereocenters. The number of aryl methyl sites for hydroxylation is 1. The van der Waals surface area contributed by atoms with E-state index in [1.807, 2.05) is 6.92 Å². The highest BCUT2D eigenvalue weighted by molar-refractivity contribution is 7.92. The highest BCUT2D eigenvalue weighted by Crippen LogP contribution is 2.18. The SMILES string of the molecule is CCCS(=O)(=O)Nc1cccc(NC(=O)c2ccc(CC)o2)c1. The lowest BCUT2D eigenvalue weighted by atomic mass is 10.3. The first-order chi connectivity index (χ1) is 10.9. The number of hydrogen-bond acceptors (Lipinski definition) is 4. The molecule has 124 valence electrons. The fraction of sp³-hybridized carbons (Fsp3) is 0.312. The van der Waals surface area contributed by atoms with Gasteiger partial charge in [-0.2, -0.15) is 0 Å². The summed E-state index contributed by atoms with van der Waals surface area (Å²) in [4.78, 5) is 12.1. The summed E-state index contributed by atoms with van der Waals surface area (Å²) in [5, 5.41) is 2.69. The van der Waals surface area contributed by atoms with Crippen LogP contribution in [-0.2, 0) is 16.4 Å². The van der Waals surface area contributed by atoms with E-state index in [1.54, 1.807) is 43.3 Å². The van der Waals surface area contributed by atoms with Crippen molar-refractivity contribution in [2.45, 2.75) is 26.7 Å². The molecule has 0 bridgehead atoms. The molecule has 2 N–H and O–H groups in total. The van der Waals surface area contributed by atoms with Gasteiger partial charge in [-0.1, -0.05) is 19.9 Å². The number of rotatable bonds is 7. The Morgan fingerprint density at radius 3 is 2.52 bits per heavy atom. The van der Waals surface area contributed by atoms with Crippen molar-refractivity contribution < 1.29 is 17.6 Å². The molecule has 7 heteroatoms. The van der Waals surface area contributed by atoms with Crippen molar-refractivity contribution in [2.75, 3.05) is 15.8 Å². The zero-order valence-electron chi connectivity index (χ0n) is 13.1. The van der Waals surface area contributed by atoms with E-state index in [9.17, 15) is 13.2 Å². The molecule has 0 fully saturated rings. The smallest absolute Gasteiger partial charge is 0.291 e. The molecule has 2 aromatic rings. The molecule has 1 aromatic carbocycles. The first-order valence-corrected chi connectivity index (χ1v) is 9.09. The van der Waals surface area contributed by atoms with Crippen LogP contribution in [0.2, 0.25) is 0 Å². The third-order valence-corrected chi connectivity index (χ3v) is 4.59. The van der Waals surface area contributed by atoms with E-state index in [1.165, 1.54) is 0 Å². The largest absolute Gasteiger partial charge is 0.456 e. The van der Waals surface area contributed by atoms with Crippen LogP contribution in [0.1, 0.15) is 36.6 Å². The van der Waals surface area contributed by atoms with Crippen LogP contribution < -0.4 is 10.0 Å². The van der Waals surface area contributed by atoms with Crippen molar-refractivity contribution in [3.8, 4) is 0 Å². The summed E-state index contributed by atoms with van der Waals surface area (Å²) in [6, 6.07) is 9.91. The summed E-state index contributed by atoms with van der Waals surface area (Å²) in [7, 11) is -3.36. The molecule has 1 amide bonds. The number of furan rings is 1. The van der Waals surface area contributed by atoms with Crippen LogP contribution in [0.25, 0.3) is 0 Å². The third kappa shape index (κ3) is 4.85. The van der Waals surface area contributed by atoms with Gasteiger partial charge in [-0.3, -0.25) is 9.52 Å². The molecular formula is C16H20N2O4S. The number of sulfonamides is 1. The highest BCUT2D eigenvalue weighted by Gasteiger charge is 2.12. The molecule has 0 aliphatic heterocycles. The topological polar surface area (TPSA) is 88.4 Å². The fourth-order valence-corrected chi connectivity index (χ4v) is 3.17. The van der Waals surface area contributed by atoms with Crippen molar-refractivity contribution in [3.05, 3.63) is 47.9 Å². The molecule has 0 aliphatic carbocycles. The predicted octanol–water partition coefficient (Wildman–Crippen LogP) is 3.25. The minimum atomic E-state index is -3.36. The highest BCUT2D eigenvalue weighted by atomic mass is 32.2. The Morgan fingerprint density at radius 1 is 1.13 bits per heavy atom. The zero-order valence-corrected chi connectivity index (χ0v) is 13.9. The number of carbonyl (C=O) groups excluding carboxylic acids is 1. The average Bonchev–Trinajstić information content (AvgIpc) is 2.96. The maximum absolute atomic E-state index is 12.1. The monoisotopic (exact) mass is 336 g/mol. The first-order valence-electron chi connectivity index (χ1n) is 7.44. The quantitative estimate of drug-likeness (QED) is 0.812. The zero-order chi connectivity index (χ0) is 16.9. The van der Waals surface area contributed by atoms with Gasteiger partial charge in [0.1, 0.15) is 5.76 Å². The van der Waals surface area contributed by atoms with Gasteiger partial charge in [0.25, 0.3) is 5.91 Å². The van der Waals surface area contributed by atoms with Crippen LogP contribution in [0.3, 0.4) is 0 Å². The van der Waals surface area contributed by atoms with Crippen LogP contribution in [0.5, 0.6) is 0 Å². The minimum absolute atomic E-state index is 0.0514. The van der Waals surface area contributed by atoms with Crippen molar-refractivity contribution in [3.63, 3.8) is 0 Å². The number of carbonyl (C=O) groups is 1. The lowest BCUT2D eigenvalue weighted by molar-refractivity contribution is 0.0995. The lowest BCUT2D eigenvalue weighted by Gasteiger charge is -2.09. The Bertz CT molecular complexity index is 781. The first kappa shape index (κ1) is 17.1. The molecule has 0 radical (unpaired) electrons. The second kappa shape index (κ2) is 7.32. The molecule has 0 atom stereocenters. The molecule has 2 rings (SSSR count). The van der Waals surface area contributed by atoms with E-state index in [2.05, 4.69) is 10.0 Å². The molecular weight excluding hydrogens is 316 g/mol. The van der Waals surface area contributed by atoms with Crippen molar-refractivity contribution in [1.82, 2.24) is 0 Å². The van der Waals surface area contributed by atoms with Gasteiger partial charge in [-0.05, 0) is 36.8 Å². The molecule has 0 spiro atoms. The Morgan fingerprint density at radius 2 is 1.87 bits per heavy atom. The molecule has 0 aliphatic rings. The van der Waals surface area contributed by atoms with E-state index in [0.29, 0.717) is 24.2 Å². The molecule has 6 nitrogen and oxygen atoms in total. The van der Waals surface area contributed by atoms with E-state index < -0.39 is 10.0 Å². The normalized spacial score (nSPS) is 11.2. The average molecular weight is 336 g/mol. The molecule has 23 heavy (non-hydrogen) atoms. The summed E-state index contributed by atoms with van der Waals surface area (Å²) >= 11 is 0. The number of benzene rings is 1. The maximum Gasteiger partial charge on any atom is 0.291 e. The second-order valence-electron chi connectivity index (χ2n) is 5.08. The number of nitrogens with one attached hydrogen (secondary N) is 2. The van der Waals surface area contributed by atoms with Crippen LogP contribution in [0.15, 0.2) is 40.8 Å². The summed E-state index contributed by atoms with van der Waals surface area (Å²) in [5.74, 6) is 0.629. The van der Waals surface area contributed by atoms with Crippen LogP contribution in [0.4, 0.5) is 11.4 Å². The van der Waals surface area contributed by atoms with Gasteiger partial charge >= 0.3 is 0 Å². The van der Waals surface area contributed by atoms with Gasteiger partial charge in [0.05, 0.1) is 11.4 Å². The van der Waals surface area contributed by atoms with Crippen LogP contribution in [-0.4, -0.2) is 20.1 Å². The van der Waals surface area contributed by atoms with Gasteiger partial charge < -0.3 is 9.73 Å². The Balaban J connectivity index is 2.09. The molecule has 0 saturated carbocycles. The summed E-state index contributed by atoms with van der Waals surface area (Å²) in [6.07, 6.45) is 1.24. The van der Waals surface area contributed by atoms with Crippen molar-refractivity contribution >= 4 is 27.3 Å². The van der Waals surface area contributed by atoms with Gasteiger partial charge in [0.2, 0.25) is 10.0 Å². The molecule has 0 saturated heterocycles. The van der Waals surface area contributed by atoms with Crippen molar-refractivity contribution in [2.24, 2.45) is 0 Å². The van der Waals surface area contributed by atoms with E-state index in [-0.39, 0.29) is 17.4 Å². The van der Waals surface area contributed by atoms with Crippen molar-refractivity contribution in [1.29, 1.82) is 0 Å². The Hall–Kier alpha value is -2.28.